The lowest BCUT2D eigenvalue weighted by atomic mass is 10.2. The Bertz CT molecular complexity index is 722. The molecule has 3 N–H and O–H groups in total. The number of nitrogens with one attached hydrogen (secondary N) is 3. The highest BCUT2D eigenvalue weighted by Crippen LogP contribution is 2.12. The van der Waals surface area contributed by atoms with Crippen molar-refractivity contribution in [2.24, 2.45) is 0 Å². The molecule has 3 amide bonds. The molecule has 0 saturated carbocycles. The van der Waals surface area contributed by atoms with Gasteiger partial charge in [-0.3, -0.25) is 25.2 Å². The van der Waals surface area contributed by atoms with Crippen molar-refractivity contribution in [2.45, 2.75) is 26.7 Å². The van der Waals surface area contributed by atoms with Gasteiger partial charge in [0.15, 0.2) is 0 Å². The Hall–Kier alpha value is -2.61. The molecular weight excluding hydrogens is 330 g/mol. The fourth-order valence-electron chi connectivity index (χ4n) is 2.06. The van der Waals surface area contributed by atoms with Gasteiger partial charge in [-0.15, -0.1) is 0 Å². The van der Waals surface area contributed by atoms with Crippen molar-refractivity contribution in [2.75, 3.05) is 6.54 Å². The third-order valence-corrected chi connectivity index (χ3v) is 3.93. The Morgan fingerprint density at radius 1 is 1.17 bits per heavy atom. The zero-order valence-electron chi connectivity index (χ0n) is 13.5. The normalized spacial score (nSPS) is 10.2. The number of hydrogen-bond acceptors (Lipinski definition) is 5. The van der Waals surface area contributed by atoms with Crippen LogP contribution in [0.2, 0.25) is 0 Å². The van der Waals surface area contributed by atoms with Crippen LogP contribution in [0.3, 0.4) is 0 Å². The van der Waals surface area contributed by atoms with Crippen LogP contribution in [0.15, 0.2) is 27.3 Å². The minimum atomic E-state index is -0.427. The molecule has 2 heterocycles. The Morgan fingerprint density at radius 2 is 1.96 bits per heavy atom. The van der Waals surface area contributed by atoms with Crippen LogP contribution in [-0.4, -0.2) is 24.3 Å². The summed E-state index contributed by atoms with van der Waals surface area (Å²) in [6, 6.07) is 3.35. The quantitative estimate of drug-likeness (QED) is 0.548. The molecule has 0 aliphatic carbocycles. The van der Waals surface area contributed by atoms with E-state index in [4.69, 9.17) is 4.42 Å². The van der Waals surface area contributed by atoms with Crippen LogP contribution in [0.4, 0.5) is 0 Å². The number of hydrogen-bond donors (Lipinski definition) is 3. The van der Waals surface area contributed by atoms with Crippen molar-refractivity contribution in [3.8, 4) is 0 Å². The second-order valence-corrected chi connectivity index (χ2v) is 5.98. The molecule has 7 nitrogen and oxygen atoms in total. The molecule has 0 unspecified atom stereocenters. The van der Waals surface area contributed by atoms with E-state index in [-0.39, 0.29) is 18.2 Å². The molecule has 0 spiro atoms. The SMILES string of the molecule is Cc1cc(C(=O)NNC(=O)CCCNC(=O)c2ccsc2)c(C)o1. The summed E-state index contributed by atoms with van der Waals surface area (Å²) < 4.78 is 5.26. The summed E-state index contributed by atoms with van der Waals surface area (Å²) in [6.45, 7) is 3.81. The van der Waals surface area contributed by atoms with Gasteiger partial charge < -0.3 is 9.73 Å². The number of rotatable bonds is 6. The Kier molecular flexibility index (Phi) is 6.14. The number of hydrazine groups is 1. The van der Waals surface area contributed by atoms with Gasteiger partial charge in [-0.2, -0.15) is 11.3 Å². The highest BCUT2D eigenvalue weighted by molar-refractivity contribution is 7.08. The highest BCUT2D eigenvalue weighted by atomic mass is 32.1. The average molecular weight is 349 g/mol. The first-order valence-electron chi connectivity index (χ1n) is 7.44. The molecule has 0 aliphatic heterocycles. The van der Waals surface area contributed by atoms with E-state index < -0.39 is 5.91 Å². The molecule has 0 aromatic carbocycles. The highest BCUT2D eigenvalue weighted by Gasteiger charge is 2.14. The van der Waals surface area contributed by atoms with E-state index >= 15 is 0 Å². The number of furan rings is 1. The van der Waals surface area contributed by atoms with Crippen molar-refractivity contribution >= 4 is 29.1 Å². The summed E-state index contributed by atoms with van der Waals surface area (Å²) in [7, 11) is 0. The number of carbonyl (C=O) groups excluding carboxylic acids is 3. The van der Waals surface area contributed by atoms with Gasteiger partial charge in [-0.1, -0.05) is 0 Å². The topological polar surface area (TPSA) is 100 Å². The van der Waals surface area contributed by atoms with E-state index in [0.717, 1.165) is 0 Å². The summed E-state index contributed by atoms with van der Waals surface area (Å²) in [5.74, 6) is 0.214. The Morgan fingerprint density at radius 3 is 2.58 bits per heavy atom. The zero-order chi connectivity index (χ0) is 17.5. The van der Waals surface area contributed by atoms with E-state index in [0.29, 0.717) is 35.6 Å². The summed E-state index contributed by atoms with van der Waals surface area (Å²) in [5, 5.41) is 6.32. The van der Waals surface area contributed by atoms with Crippen molar-refractivity contribution < 1.29 is 18.8 Å². The first-order valence-corrected chi connectivity index (χ1v) is 8.38. The van der Waals surface area contributed by atoms with E-state index in [1.807, 2.05) is 5.38 Å². The van der Waals surface area contributed by atoms with Crippen molar-refractivity contribution in [1.82, 2.24) is 16.2 Å². The molecular formula is C16H19N3O4S. The second-order valence-electron chi connectivity index (χ2n) is 5.20. The lowest BCUT2D eigenvalue weighted by Gasteiger charge is -2.07. The predicted octanol–water partition coefficient (Wildman–Crippen LogP) is 1.93. The standard InChI is InChI=1S/C16H19N3O4S/c1-10-8-13(11(2)23-10)16(22)19-18-14(20)4-3-6-17-15(21)12-5-7-24-9-12/h5,7-9H,3-4,6H2,1-2H3,(H,17,21)(H,18,20)(H,19,22). The molecule has 2 aromatic heterocycles. The lowest BCUT2D eigenvalue weighted by molar-refractivity contribution is -0.121. The molecule has 0 aliphatic rings. The smallest absolute Gasteiger partial charge is 0.273 e. The maximum atomic E-state index is 11.9. The molecule has 24 heavy (non-hydrogen) atoms. The van der Waals surface area contributed by atoms with Crippen LogP contribution in [0, 0.1) is 13.8 Å². The molecule has 2 rings (SSSR count). The maximum Gasteiger partial charge on any atom is 0.273 e. The van der Waals surface area contributed by atoms with Gasteiger partial charge >= 0.3 is 0 Å². The fraction of sp³-hybridized carbons (Fsp3) is 0.312. The Labute approximate surface area is 143 Å². The van der Waals surface area contributed by atoms with Crippen LogP contribution in [0.25, 0.3) is 0 Å². The first-order chi connectivity index (χ1) is 11.5. The number of thiophene rings is 1. The minimum absolute atomic E-state index is 0.157. The van der Waals surface area contributed by atoms with Gasteiger partial charge in [-0.25, -0.2) is 0 Å². The van der Waals surface area contributed by atoms with E-state index in [9.17, 15) is 14.4 Å². The van der Waals surface area contributed by atoms with Gasteiger partial charge in [0, 0.05) is 23.9 Å². The molecule has 0 saturated heterocycles. The Balaban J connectivity index is 1.64. The number of carbonyl (C=O) groups is 3. The summed E-state index contributed by atoms with van der Waals surface area (Å²) >= 11 is 1.45. The molecule has 2 aromatic rings. The minimum Gasteiger partial charge on any atom is -0.466 e. The lowest BCUT2D eigenvalue weighted by Crippen LogP contribution is -2.41. The van der Waals surface area contributed by atoms with Crippen molar-refractivity contribution in [1.29, 1.82) is 0 Å². The molecule has 128 valence electrons. The first kappa shape index (κ1) is 17.7. The van der Waals surface area contributed by atoms with Crippen molar-refractivity contribution in [3.63, 3.8) is 0 Å². The zero-order valence-corrected chi connectivity index (χ0v) is 14.3. The molecule has 8 heteroatoms. The number of aryl methyl sites for hydroxylation is 2. The van der Waals surface area contributed by atoms with E-state index in [1.165, 1.54) is 11.3 Å². The van der Waals surface area contributed by atoms with Gasteiger partial charge in [0.2, 0.25) is 5.91 Å². The molecule has 0 radical (unpaired) electrons. The summed E-state index contributed by atoms with van der Waals surface area (Å²) in [4.78, 5) is 35.3. The monoisotopic (exact) mass is 349 g/mol. The van der Waals surface area contributed by atoms with Gasteiger partial charge in [-0.05, 0) is 37.8 Å². The third-order valence-electron chi connectivity index (χ3n) is 3.25. The summed E-state index contributed by atoms with van der Waals surface area (Å²) in [6.07, 6.45) is 0.662. The van der Waals surface area contributed by atoms with Gasteiger partial charge in [0.05, 0.1) is 5.56 Å². The number of amides is 3. The van der Waals surface area contributed by atoms with Crippen LogP contribution in [-0.2, 0) is 4.79 Å². The molecule has 0 fully saturated rings. The van der Waals surface area contributed by atoms with Gasteiger partial charge in [0.1, 0.15) is 11.5 Å². The maximum absolute atomic E-state index is 11.9. The fourth-order valence-corrected chi connectivity index (χ4v) is 2.70. The predicted molar refractivity (Wildman–Crippen MR) is 89.7 cm³/mol. The largest absolute Gasteiger partial charge is 0.466 e. The third kappa shape index (κ3) is 4.95. The average Bonchev–Trinajstić information content (AvgIpc) is 3.18. The van der Waals surface area contributed by atoms with Crippen molar-refractivity contribution in [3.05, 3.63) is 45.5 Å². The van der Waals surface area contributed by atoms with E-state index in [1.54, 1.807) is 31.4 Å². The van der Waals surface area contributed by atoms with Crippen LogP contribution >= 0.6 is 11.3 Å². The van der Waals surface area contributed by atoms with E-state index in [2.05, 4.69) is 16.2 Å². The van der Waals surface area contributed by atoms with Crippen LogP contribution in [0.5, 0.6) is 0 Å². The molecule has 0 atom stereocenters. The van der Waals surface area contributed by atoms with Crippen LogP contribution < -0.4 is 16.2 Å². The second kappa shape index (κ2) is 8.30. The van der Waals surface area contributed by atoms with Gasteiger partial charge in [0.25, 0.3) is 11.8 Å². The molecule has 0 bridgehead atoms. The summed E-state index contributed by atoms with van der Waals surface area (Å²) in [5.41, 5.74) is 5.68. The van der Waals surface area contributed by atoms with Crippen LogP contribution in [0.1, 0.15) is 45.1 Å².